The summed E-state index contributed by atoms with van der Waals surface area (Å²) in [5.41, 5.74) is 0. The van der Waals surface area contributed by atoms with Gasteiger partial charge in [-0.25, -0.2) is 14.3 Å². The minimum atomic E-state index is -0.246. The molecule has 7 nitrogen and oxygen atoms in total. The van der Waals surface area contributed by atoms with Gasteiger partial charge in [-0.2, -0.15) is 5.10 Å². The number of anilines is 1. The smallest absolute Gasteiger partial charge is 0.248 e. The molecule has 1 amide bonds. The van der Waals surface area contributed by atoms with Crippen LogP contribution in [0, 0.1) is 4.77 Å². The van der Waals surface area contributed by atoms with E-state index in [1.54, 1.807) is 11.6 Å². The van der Waals surface area contributed by atoms with Gasteiger partial charge in [-0.3, -0.25) is 4.79 Å². The van der Waals surface area contributed by atoms with Gasteiger partial charge in [0.2, 0.25) is 10.7 Å². The van der Waals surface area contributed by atoms with Crippen LogP contribution in [0.1, 0.15) is 0 Å². The summed E-state index contributed by atoms with van der Waals surface area (Å²) in [6, 6.07) is 0. The molecular formula is C7H8N6OS2. The standard InChI is InChI=1S/C7H8N6OS2/c8-12-4-10-13(7(12)15)3-5(14)11-6-9-1-2-16-6/h1-2,4H,3,8H2,(H,9,11,14). The van der Waals surface area contributed by atoms with Crippen molar-refractivity contribution < 1.29 is 4.79 Å². The zero-order valence-electron chi connectivity index (χ0n) is 8.03. The van der Waals surface area contributed by atoms with Crippen molar-refractivity contribution in [3.8, 4) is 0 Å². The number of rotatable bonds is 3. The molecule has 0 unspecified atom stereocenters. The summed E-state index contributed by atoms with van der Waals surface area (Å²) < 4.78 is 2.79. The molecule has 0 saturated heterocycles. The molecule has 0 aromatic carbocycles. The first-order valence-corrected chi connectivity index (χ1v) is 5.54. The molecule has 0 atom stereocenters. The van der Waals surface area contributed by atoms with Crippen molar-refractivity contribution >= 4 is 34.6 Å². The van der Waals surface area contributed by atoms with Gasteiger partial charge in [-0.05, 0) is 12.2 Å². The molecule has 84 valence electrons. The van der Waals surface area contributed by atoms with E-state index in [0.717, 1.165) is 0 Å². The van der Waals surface area contributed by atoms with Crippen molar-refractivity contribution in [2.75, 3.05) is 11.2 Å². The third-order valence-electron chi connectivity index (χ3n) is 1.73. The van der Waals surface area contributed by atoms with Crippen LogP contribution in [0.2, 0.25) is 0 Å². The number of aromatic nitrogens is 4. The van der Waals surface area contributed by atoms with Crippen LogP contribution in [0.5, 0.6) is 0 Å². The van der Waals surface area contributed by atoms with Crippen LogP contribution < -0.4 is 11.2 Å². The maximum atomic E-state index is 11.5. The van der Waals surface area contributed by atoms with Crippen LogP contribution in [0.15, 0.2) is 17.9 Å². The Morgan fingerprint density at radius 1 is 1.69 bits per heavy atom. The number of nitrogen functional groups attached to an aromatic ring is 1. The van der Waals surface area contributed by atoms with E-state index in [0.29, 0.717) is 5.13 Å². The molecule has 0 bridgehead atoms. The number of hydrogen-bond donors (Lipinski definition) is 2. The molecule has 2 aromatic heterocycles. The van der Waals surface area contributed by atoms with Crippen molar-refractivity contribution in [1.82, 2.24) is 19.4 Å². The maximum absolute atomic E-state index is 11.5. The van der Waals surface area contributed by atoms with E-state index in [1.165, 1.54) is 27.0 Å². The Kier molecular flexibility index (Phi) is 2.97. The van der Waals surface area contributed by atoms with Gasteiger partial charge in [-0.1, -0.05) is 0 Å². The second-order valence-corrected chi connectivity index (χ2v) is 4.12. The lowest BCUT2D eigenvalue weighted by Gasteiger charge is -2.00. The second kappa shape index (κ2) is 4.41. The van der Waals surface area contributed by atoms with Crippen LogP contribution in [-0.4, -0.2) is 25.3 Å². The molecule has 2 rings (SSSR count). The summed E-state index contributed by atoms with van der Waals surface area (Å²) in [6.07, 6.45) is 2.96. The Balaban J connectivity index is 2.03. The first kappa shape index (κ1) is 10.8. The highest BCUT2D eigenvalue weighted by molar-refractivity contribution is 7.71. The zero-order chi connectivity index (χ0) is 11.5. The number of carbonyl (C=O) groups excluding carboxylic acids is 1. The Morgan fingerprint density at radius 3 is 3.06 bits per heavy atom. The average molecular weight is 256 g/mol. The maximum Gasteiger partial charge on any atom is 0.248 e. The van der Waals surface area contributed by atoms with Gasteiger partial charge in [-0.15, -0.1) is 11.3 Å². The van der Waals surface area contributed by atoms with E-state index in [1.807, 2.05) is 0 Å². The molecule has 0 aliphatic carbocycles. The fraction of sp³-hybridized carbons (Fsp3) is 0.143. The van der Waals surface area contributed by atoms with Gasteiger partial charge in [0.25, 0.3) is 0 Å². The summed E-state index contributed by atoms with van der Waals surface area (Å²) in [5.74, 6) is 5.19. The summed E-state index contributed by atoms with van der Waals surface area (Å²) >= 11 is 6.28. The number of nitrogens with zero attached hydrogens (tertiary/aromatic N) is 4. The van der Waals surface area contributed by atoms with Gasteiger partial charge in [0.1, 0.15) is 12.9 Å². The van der Waals surface area contributed by atoms with Crippen molar-refractivity contribution in [1.29, 1.82) is 0 Å². The third kappa shape index (κ3) is 2.25. The number of thiazole rings is 1. The summed E-state index contributed by atoms with van der Waals surface area (Å²) in [4.78, 5) is 15.5. The molecule has 0 aliphatic heterocycles. The van der Waals surface area contributed by atoms with Gasteiger partial charge in [0, 0.05) is 11.6 Å². The molecule has 3 N–H and O–H groups in total. The van der Waals surface area contributed by atoms with Gasteiger partial charge < -0.3 is 11.2 Å². The number of carbonyl (C=O) groups is 1. The van der Waals surface area contributed by atoms with E-state index >= 15 is 0 Å². The molecule has 2 aromatic rings. The van der Waals surface area contributed by atoms with Crippen LogP contribution in [0.3, 0.4) is 0 Å². The predicted octanol–water partition coefficient (Wildman–Crippen LogP) is 0.223. The van der Waals surface area contributed by atoms with Gasteiger partial charge in [0.05, 0.1) is 0 Å². The lowest BCUT2D eigenvalue weighted by Crippen LogP contribution is -2.20. The Morgan fingerprint density at radius 2 is 2.50 bits per heavy atom. The number of nitrogens with two attached hydrogens (primary N) is 1. The molecule has 2 heterocycles. The van der Waals surface area contributed by atoms with Crippen LogP contribution in [0.25, 0.3) is 0 Å². The van der Waals surface area contributed by atoms with E-state index in [-0.39, 0.29) is 17.2 Å². The van der Waals surface area contributed by atoms with Gasteiger partial charge in [0.15, 0.2) is 5.13 Å². The minimum Gasteiger partial charge on any atom is -0.336 e. The highest BCUT2D eigenvalue weighted by Gasteiger charge is 2.07. The minimum absolute atomic E-state index is 0.0165. The number of hydrogen-bond acceptors (Lipinski definition) is 6. The zero-order valence-corrected chi connectivity index (χ0v) is 9.66. The first-order valence-electron chi connectivity index (χ1n) is 4.25. The first-order chi connectivity index (χ1) is 7.66. The van der Waals surface area contributed by atoms with E-state index in [4.69, 9.17) is 18.1 Å². The van der Waals surface area contributed by atoms with E-state index in [2.05, 4.69) is 15.4 Å². The molecule has 0 spiro atoms. The number of amides is 1. The summed E-state index contributed by atoms with van der Waals surface area (Å²) in [7, 11) is 0. The van der Waals surface area contributed by atoms with E-state index < -0.39 is 0 Å². The van der Waals surface area contributed by atoms with Crippen LogP contribution >= 0.6 is 23.6 Å². The van der Waals surface area contributed by atoms with Crippen molar-refractivity contribution in [3.05, 3.63) is 22.7 Å². The monoisotopic (exact) mass is 256 g/mol. The summed E-state index contributed by atoms with van der Waals surface area (Å²) in [6.45, 7) is 0.0165. The molecule has 0 aliphatic rings. The van der Waals surface area contributed by atoms with Crippen LogP contribution in [0.4, 0.5) is 5.13 Å². The largest absolute Gasteiger partial charge is 0.336 e. The Labute approximate surface area is 99.5 Å². The molecule has 0 saturated carbocycles. The number of nitrogens with one attached hydrogen (secondary N) is 1. The second-order valence-electron chi connectivity index (χ2n) is 2.86. The molecule has 0 radical (unpaired) electrons. The average Bonchev–Trinajstić information content (AvgIpc) is 2.83. The van der Waals surface area contributed by atoms with Crippen molar-refractivity contribution in [3.63, 3.8) is 0 Å². The highest BCUT2D eigenvalue weighted by Crippen LogP contribution is 2.09. The SMILES string of the molecule is Nn1cnn(CC(=O)Nc2nccs2)c1=S. The van der Waals surface area contributed by atoms with Crippen molar-refractivity contribution in [2.24, 2.45) is 0 Å². The van der Waals surface area contributed by atoms with Crippen molar-refractivity contribution in [2.45, 2.75) is 6.54 Å². The lowest BCUT2D eigenvalue weighted by atomic mass is 10.6. The van der Waals surface area contributed by atoms with E-state index in [9.17, 15) is 4.79 Å². The Hall–Kier alpha value is -1.74. The third-order valence-corrected chi connectivity index (χ3v) is 2.84. The fourth-order valence-corrected chi connectivity index (χ4v) is 1.74. The quantitative estimate of drug-likeness (QED) is 0.605. The molecule has 9 heteroatoms. The predicted molar refractivity (Wildman–Crippen MR) is 61.9 cm³/mol. The van der Waals surface area contributed by atoms with Gasteiger partial charge >= 0.3 is 0 Å². The highest BCUT2D eigenvalue weighted by atomic mass is 32.1. The normalized spacial score (nSPS) is 10.2. The summed E-state index contributed by atoms with van der Waals surface area (Å²) in [5, 5.41) is 8.79. The Bertz CT molecular complexity index is 541. The molecule has 0 fully saturated rings. The lowest BCUT2D eigenvalue weighted by molar-refractivity contribution is -0.116. The van der Waals surface area contributed by atoms with Crippen LogP contribution in [-0.2, 0) is 11.3 Å². The molecule has 16 heavy (non-hydrogen) atoms. The molecular weight excluding hydrogens is 248 g/mol. The topological polar surface area (TPSA) is 90.8 Å². The fourth-order valence-electron chi connectivity index (χ4n) is 1.04.